The monoisotopic (exact) mass is 358 g/mol. The standard InChI is InChI=1S/C22H31FN2O/c1-14(2)15-3-5-16(6-4-15)20-18-13-17(23)7-8-19(18)22(21(26)25-20)9-11-24-12-10-22/h7-8,13-16,20,24H,3-6,9-12H2,1-2H3,(H,25,26). The van der Waals surface area contributed by atoms with E-state index in [4.69, 9.17) is 0 Å². The first-order chi connectivity index (χ1) is 12.5. The van der Waals surface area contributed by atoms with Crippen molar-refractivity contribution in [1.29, 1.82) is 0 Å². The molecule has 1 aromatic rings. The number of fused-ring (bicyclic) bond motifs is 2. The van der Waals surface area contributed by atoms with Gasteiger partial charge >= 0.3 is 0 Å². The van der Waals surface area contributed by atoms with E-state index in [1.807, 2.05) is 6.07 Å². The Bertz CT molecular complexity index is 673. The van der Waals surface area contributed by atoms with Crippen LogP contribution >= 0.6 is 0 Å². The number of nitrogens with one attached hydrogen (secondary N) is 2. The van der Waals surface area contributed by atoms with Crippen molar-refractivity contribution in [3.05, 3.63) is 35.1 Å². The van der Waals surface area contributed by atoms with Crippen LogP contribution in [0.1, 0.15) is 69.5 Å². The number of carbonyl (C=O) groups is 1. The zero-order chi connectivity index (χ0) is 18.3. The molecular formula is C22H31FN2O. The van der Waals surface area contributed by atoms with Crippen molar-refractivity contribution in [2.24, 2.45) is 17.8 Å². The molecule has 142 valence electrons. The minimum absolute atomic E-state index is 0.0261. The predicted octanol–water partition coefficient (Wildman–Crippen LogP) is 4.08. The van der Waals surface area contributed by atoms with Crippen LogP contribution in [0.3, 0.4) is 0 Å². The smallest absolute Gasteiger partial charge is 0.231 e. The maximum Gasteiger partial charge on any atom is 0.231 e. The zero-order valence-electron chi connectivity index (χ0n) is 16.0. The van der Waals surface area contributed by atoms with Gasteiger partial charge in [0.1, 0.15) is 5.82 Å². The van der Waals surface area contributed by atoms with Gasteiger partial charge in [-0.3, -0.25) is 4.79 Å². The summed E-state index contributed by atoms with van der Waals surface area (Å²) in [5, 5.41) is 6.70. The van der Waals surface area contributed by atoms with E-state index in [1.54, 1.807) is 6.07 Å². The molecule has 1 spiro atoms. The van der Waals surface area contributed by atoms with E-state index in [0.717, 1.165) is 61.7 Å². The molecule has 0 radical (unpaired) electrons. The zero-order valence-corrected chi connectivity index (χ0v) is 16.0. The molecule has 4 heteroatoms. The number of hydrogen-bond donors (Lipinski definition) is 2. The lowest BCUT2D eigenvalue weighted by atomic mass is 9.64. The van der Waals surface area contributed by atoms with Gasteiger partial charge in [-0.2, -0.15) is 0 Å². The van der Waals surface area contributed by atoms with Crippen molar-refractivity contribution >= 4 is 5.91 Å². The van der Waals surface area contributed by atoms with Gasteiger partial charge in [-0.05, 0) is 92.6 Å². The average Bonchev–Trinajstić information content (AvgIpc) is 2.65. The van der Waals surface area contributed by atoms with Gasteiger partial charge in [0.15, 0.2) is 0 Å². The van der Waals surface area contributed by atoms with E-state index in [-0.39, 0.29) is 17.8 Å². The summed E-state index contributed by atoms with van der Waals surface area (Å²) in [6, 6.07) is 5.09. The summed E-state index contributed by atoms with van der Waals surface area (Å²) in [6.07, 6.45) is 6.27. The van der Waals surface area contributed by atoms with Crippen molar-refractivity contribution in [3.8, 4) is 0 Å². The second-order valence-electron chi connectivity index (χ2n) is 8.93. The summed E-state index contributed by atoms with van der Waals surface area (Å²) in [5.74, 6) is 1.90. The van der Waals surface area contributed by atoms with Crippen molar-refractivity contribution < 1.29 is 9.18 Å². The first-order valence-corrected chi connectivity index (χ1v) is 10.3. The largest absolute Gasteiger partial charge is 0.348 e. The second kappa shape index (κ2) is 6.95. The molecule has 1 atom stereocenters. The van der Waals surface area contributed by atoms with Gasteiger partial charge in [0, 0.05) is 0 Å². The van der Waals surface area contributed by atoms with Crippen LogP contribution in [-0.4, -0.2) is 19.0 Å². The third-order valence-corrected chi connectivity index (χ3v) is 7.27. The summed E-state index contributed by atoms with van der Waals surface area (Å²) in [6.45, 7) is 6.29. The normalized spacial score (nSPS) is 30.9. The fourth-order valence-corrected chi connectivity index (χ4v) is 5.57. The molecule has 0 bridgehead atoms. The third kappa shape index (κ3) is 2.96. The molecule has 1 aliphatic carbocycles. The molecule has 1 saturated heterocycles. The summed E-state index contributed by atoms with van der Waals surface area (Å²) in [7, 11) is 0. The van der Waals surface area contributed by atoms with Crippen LogP contribution in [0.4, 0.5) is 4.39 Å². The van der Waals surface area contributed by atoms with Gasteiger partial charge in [-0.1, -0.05) is 19.9 Å². The van der Waals surface area contributed by atoms with E-state index in [9.17, 15) is 9.18 Å². The first-order valence-electron chi connectivity index (χ1n) is 10.3. The highest BCUT2D eigenvalue weighted by Crippen LogP contribution is 2.47. The second-order valence-corrected chi connectivity index (χ2v) is 8.93. The first kappa shape index (κ1) is 18.0. The maximum atomic E-state index is 14.1. The fraction of sp³-hybridized carbons (Fsp3) is 0.682. The summed E-state index contributed by atoms with van der Waals surface area (Å²) in [5.41, 5.74) is 1.65. The molecule has 26 heavy (non-hydrogen) atoms. The van der Waals surface area contributed by atoms with Gasteiger partial charge in [0.2, 0.25) is 5.91 Å². The van der Waals surface area contributed by atoms with E-state index >= 15 is 0 Å². The van der Waals surface area contributed by atoms with Crippen molar-refractivity contribution in [3.63, 3.8) is 0 Å². The lowest BCUT2D eigenvalue weighted by Gasteiger charge is -2.46. The molecule has 1 unspecified atom stereocenters. The molecule has 1 amide bonds. The predicted molar refractivity (Wildman–Crippen MR) is 101 cm³/mol. The fourth-order valence-electron chi connectivity index (χ4n) is 5.57. The summed E-state index contributed by atoms with van der Waals surface area (Å²) in [4.78, 5) is 13.2. The average molecular weight is 359 g/mol. The topological polar surface area (TPSA) is 41.1 Å². The molecule has 2 fully saturated rings. The van der Waals surface area contributed by atoms with E-state index in [2.05, 4.69) is 24.5 Å². The lowest BCUT2D eigenvalue weighted by Crippen LogP contribution is -2.56. The lowest BCUT2D eigenvalue weighted by molar-refractivity contribution is -0.130. The third-order valence-electron chi connectivity index (χ3n) is 7.27. The SMILES string of the molecule is CC(C)C1CCC(C2NC(=O)C3(CCNCC3)c3ccc(F)cc32)CC1. The quantitative estimate of drug-likeness (QED) is 0.836. The maximum absolute atomic E-state index is 14.1. The van der Waals surface area contributed by atoms with E-state index in [0.29, 0.717) is 5.92 Å². The molecule has 0 aromatic heterocycles. The minimum atomic E-state index is -0.472. The van der Waals surface area contributed by atoms with Crippen molar-refractivity contribution in [2.45, 2.75) is 63.8 Å². The van der Waals surface area contributed by atoms with Crippen LogP contribution in [0, 0.1) is 23.6 Å². The number of rotatable bonds is 2. The Morgan fingerprint density at radius 2 is 1.81 bits per heavy atom. The number of amides is 1. The van der Waals surface area contributed by atoms with Gasteiger partial charge < -0.3 is 10.6 Å². The molecule has 3 nitrogen and oxygen atoms in total. The Balaban J connectivity index is 1.66. The van der Waals surface area contributed by atoms with E-state index in [1.165, 1.54) is 18.9 Å². The minimum Gasteiger partial charge on any atom is -0.348 e. The highest BCUT2D eigenvalue weighted by molar-refractivity contribution is 5.91. The van der Waals surface area contributed by atoms with Crippen LogP contribution in [0.2, 0.25) is 0 Å². The number of halogens is 1. The van der Waals surface area contributed by atoms with E-state index < -0.39 is 5.41 Å². The van der Waals surface area contributed by atoms with Crippen molar-refractivity contribution in [2.75, 3.05) is 13.1 Å². The van der Waals surface area contributed by atoms with Crippen LogP contribution < -0.4 is 10.6 Å². The highest BCUT2D eigenvalue weighted by atomic mass is 19.1. The Hall–Kier alpha value is -1.42. The molecule has 1 saturated carbocycles. The van der Waals surface area contributed by atoms with Crippen LogP contribution in [-0.2, 0) is 10.2 Å². The molecule has 1 aromatic carbocycles. The van der Waals surface area contributed by atoms with Crippen LogP contribution in [0.5, 0.6) is 0 Å². The molecule has 4 rings (SSSR count). The van der Waals surface area contributed by atoms with Gasteiger partial charge in [-0.15, -0.1) is 0 Å². The van der Waals surface area contributed by atoms with Gasteiger partial charge in [-0.25, -0.2) is 4.39 Å². The highest BCUT2D eigenvalue weighted by Gasteiger charge is 2.48. The summed E-state index contributed by atoms with van der Waals surface area (Å²) < 4.78 is 14.1. The molecule has 2 heterocycles. The number of carbonyl (C=O) groups excluding carboxylic acids is 1. The number of hydrogen-bond acceptors (Lipinski definition) is 2. The molecule has 2 aliphatic heterocycles. The Labute approximate surface area is 156 Å². The number of benzene rings is 1. The molecular weight excluding hydrogens is 327 g/mol. The Morgan fingerprint density at radius 3 is 2.46 bits per heavy atom. The van der Waals surface area contributed by atoms with Crippen LogP contribution in [0.15, 0.2) is 18.2 Å². The van der Waals surface area contributed by atoms with Crippen LogP contribution in [0.25, 0.3) is 0 Å². The number of piperidine rings is 1. The Kier molecular flexibility index (Phi) is 4.81. The Morgan fingerprint density at radius 1 is 1.12 bits per heavy atom. The summed E-state index contributed by atoms with van der Waals surface area (Å²) >= 11 is 0. The molecule has 2 N–H and O–H groups in total. The molecule has 3 aliphatic rings. The van der Waals surface area contributed by atoms with Crippen molar-refractivity contribution in [1.82, 2.24) is 10.6 Å². The van der Waals surface area contributed by atoms with Gasteiger partial charge in [0.25, 0.3) is 0 Å². The van der Waals surface area contributed by atoms with Gasteiger partial charge in [0.05, 0.1) is 11.5 Å².